The molecule has 0 aromatic heterocycles. The molecule has 5 nitrogen and oxygen atoms in total. The second kappa shape index (κ2) is 7.28. The summed E-state index contributed by atoms with van der Waals surface area (Å²) in [7, 11) is 0. The zero-order chi connectivity index (χ0) is 18.0. The average molecular weight is 346 g/mol. The van der Waals surface area contributed by atoms with E-state index >= 15 is 0 Å². The number of hydrogen-bond donors (Lipinski definition) is 1. The SMILES string of the molecule is C=CCC[C@@H](C)OC12OC(C)[C@H](OC(=O)c3ccccc3)CC1[C@@H]2O. The molecule has 2 aliphatic rings. The summed E-state index contributed by atoms with van der Waals surface area (Å²) in [5.74, 6) is -1.48. The van der Waals surface area contributed by atoms with Crippen LogP contribution in [0.15, 0.2) is 43.0 Å². The zero-order valence-electron chi connectivity index (χ0n) is 14.8. The van der Waals surface area contributed by atoms with E-state index in [1.807, 2.05) is 26.0 Å². The Balaban J connectivity index is 1.60. The van der Waals surface area contributed by atoms with Gasteiger partial charge in [0.15, 0.2) is 0 Å². The minimum atomic E-state index is -0.949. The van der Waals surface area contributed by atoms with Crippen LogP contribution in [0.3, 0.4) is 0 Å². The highest BCUT2D eigenvalue weighted by Gasteiger charge is 2.72. The summed E-state index contributed by atoms with van der Waals surface area (Å²) < 4.78 is 17.6. The van der Waals surface area contributed by atoms with Crippen molar-refractivity contribution >= 4 is 5.97 Å². The normalized spacial score (nSPS) is 34.7. The fourth-order valence-corrected chi connectivity index (χ4v) is 3.48. The van der Waals surface area contributed by atoms with Crippen LogP contribution in [0, 0.1) is 5.92 Å². The van der Waals surface area contributed by atoms with Gasteiger partial charge in [-0.2, -0.15) is 0 Å². The monoisotopic (exact) mass is 346 g/mol. The Kier molecular flexibility index (Phi) is 5.27. The van der Waals surface area contributed by atoms with Crippen LogP contribution in [0.2, 0.25) is 0 Å². The maximum absolute atomic E-state index is 12.3. The maximum Gasteiger partial charge on any atom is 0.338 e. The number of carbonyl (C=O) groups excluding carboxylic acids is 1. The molecule has 1 aliphatic heterocycles. The number of rotatable bonds is 7. The molecule has 1 aliphatic carbocycles. The van der Waals surface area contributed by atoms with Gasteiger partial charge in [-0.1, -0.05) is 24.3 Å². The Morgan fingerprint density at radius 2 is 2.20 bits per heavy atom. The zero-order valence-corrected chi connectivity index (χ0v) is 14.8. The number of allylic oxidation sites excluding steroid dienone is 1. The van der Waals surface area contributed by atoms with Crippen molar-refractivity contribution in [2.75, 3.05) is 0 Å². The van der Waals surface area contributed by atoms with E-state index in [-0.39, 0.29) is 24.1 Å². The summed E-state index contributed by atoms with van der Waals surface area (Å²) in [6.07, 6.45) is 2.62. The van der Waals surface area contributed by atoms with E-state index in [4.69, 9.17) is 14.2 Å². The molecule has 3 unspecified atom stereocenters. The van der Waals surface area contributed by atoms with Crippen molar-refractivity contribution in [3.8, 4) is 0 Å². The number of aliphatic hydroxyl groups excluding tert-OH is 1. The molecule has 5 heteroatoms. The Morgan fingerprint density at radius 3 is 2.88 bits per heavy atom. The molecule has 1 saturated carbocycles. The molecule has 136 valence electrons. The van der Waals surface area contributed by atoms with Crippen molar-refractivity contribution in [2.24, 2.45) is 5.92 Å². The molecule has 6 atom stereocenters. The van der Waals surface area contributed by atoms with Crippen molar-refractivity contribution in [1.82, 2.24) is 0 Å². The Bertz CT molecular complexity index is 616. The van der Waals surface area contributed by atoms with Crippen LogP contribution in [0.1, 0.15) is 43.5 Å². The largest absolute Gasteiger partial charge is 0.456 e. The van der Waals surface area contributed by atoms with Crippen LogP contribution in [0.4, 0.5) is 0 Å². The standard InChI is InChI=1S/C20H26O5/c1-4-5-9-13(2)24-20-16(18(20)21)12-17(14(3)25-20)23-19(22)15-10-7-6-8-11-15/h4,6-8,10-11,13-14,16-18,21H,1,5,9,12H2,2-3H3/t13-,14?,16?,17-,18+,20?/m1/s1. The number of carbonyl (C=O) groups is 1. The second-order valence-corrected chi connectivity index (χ2v) is 6.94. The van der Waals surface area contributed by atoms with E-state index < -0.39 is 18.0 Å². The predicted octanol–water partition coefficient (Wildman–Crippen LogP) is 3.08. The van der Waals surface area contributed by atoms with E-state index in [9.17, 15) is 9.90 Å². The molecule has 1 aromatic carbocycles. The van der Waals surface area contributed by atoms with E-state index in [0.29, 0.717) is 12.0 Å². The molecule has 25 heavy (non-hydrogen) atoms. The predicted molar refractivity (Wildman–Crippen MR) is 93.0 cm³/mol. The van der Waals surface area contributed by atoms with Gasteiger partial charge in [-0.15, -0.1) is 6.58 Å². The van der Waals surface area contributed by atoms with Crippen LogP contribution >= 0.6 is 0 Å². The van der Waals surface area contributed by atoms with Crippen molar-refractivity contribution in [1.29, 1.82) is 0 Å². The van der Waals surface area contributed by atoms with Gasteiger partial charge in [0, 0.05) is 0 Å². The lowest BCUT2D eigenvalue weighted by atomic mass is 10.0. The third-order valence-corrected chi connectivity index (χ3v) is 5.01. The van der Waals surface area contributed by atoms with E-state index in [1.165, 1.54) is 0 Å². The van der Waals surface area contributed by atoms with Crippen LogP contribution in [-0.4, -0.2) is 41.3 Å². The van der Waals surface area contributed by atoms with Gasteiger partial charge in [-0.05, 0) is 45.2 Å². The lowest BCUT2D eigenvalue weighted by molar-refractivity contribution is -0.262. The molecule has 3 rings (SSSR count). The lowest BCUT2D eigenvalue weighted by Gasteiger charge is -2.34. The van der Waals surface area contributed by atoms with Gasteiger partial charge in [0.2, 0.25) is 5.79 Å². The van der Waals surface area contributed by atoms with Gasteiger partial charge in [0.25, 0.3) is 0 Å². The lowest BCUT2D eigenvalue weighted by Crippen LogP contribution is -2.43. The quantitative estimate of drug-likeness (QED) is 0.607. The van der Waals surface area contributed by atoms with Crippen molar-refractivity contribution in [3.63, 3.8) is 0 Å². The summed E-state index contributed by atoms with van der Waals surface area (Å²) in [6, 6.07) is 8.88. The van der Waals surface area contributed by atoms with Crippen LogP contribution in [0.25, 0.3) is 0 Å². The van der Waals surface area contributed by atoms with E-state index in [2.05, 4.69) is 6.58 Å². The minimum Gasteiger partial charge on any atom is -0.456 e. The highest BCUT2D eigenvalue weighted by atomic mass is 16.7. The number of ether oxygens (including phenoxy) is 3. The smallest absolute Gasteiger partial charge is 0.338 e. The van der Waals surface area contributed by atoms with Crippen molar-refractivity contribution < 1.29 is 24.1 Å². The molecule has 1 aromatic rings. The number of esters is 1. The molecule has 1 heterocycles. The molecule has 0 spiro atoms. The maximum atomic E-state index is 12.3. The molecule has 0 amide bonds. The van der Waals surface area contributed by atoms with Crippen LogP contribution < -0.4 is 0 Å². The number of aliphatic hydroxyl groups is 1. The molecular weight excluding hydrogens is 320 g/mol. The van der Waals surface area contributed by atoms with Gasteiger partial charge in [-0.25, -0.2) is 4.79 Å². The van der Waals surface area contributed by atoms with E-state index in [1.54, 1.807) is 24.3 Å². The third-order valence-electron chi connectivity index (χ3n) is 5.01. The van der Waals surface area contributed by atoms with Crippen LogP contribution in [0.5, 0.6) is 0 Å². The molecule has 0 radical (unpaired) electrons. The Morgan fingerprint density at radius 1 is 1.48 bits per heavy atom. The Labute approximate surface area is 148 Å². The highest BCUT2D eigenvalue weighted by Crippen LogP contribution is 2.56. The first-order valence-electron chi connectivity index (χ1n) is 8.88. The summed E-state index contributed by atoms with van der Waals surface area (Å²) in [6.45, 7) is 7.53. The molecule has 1 saturated heterocycles. The first kappa shape index (κ1) is 18.1. The second-order valence-electron chi connectivity index (χ2n) is 6.94. The van der Waals surface area contributed by atoms with Gasteiger partial charge in [0.1, 0.15) is 12.2 Å². The summed E-state index contributed by atoms with van der Waals surface area (Å²) in [5, 5.41) is 10.3. The third kappa shape index (κ3) is 3.64. The van der Waals surface area contributed by atoms with Gasteiger partial charge >= 0.3 is 5.97 Å². The molecule has 0 bridgehead atoms. The summed E-state index contributed by atoms with van der Waals surface area (Å²) in [4.78, 5) is 12.3. The minimum absolute atomic E-state index is 0.0340. The van der Waals surface area contributed by atoms with Gasteiger partial charge in [-0.3, -0.25) is 0 Å². The summed E-state index contributed by atoms with van der Waals surface area (Å²) in [5.41, 5.74) is 0.511. The Hall–Kier alpha value is -1.69. The number of hydrogen-bond acceptors (Lipinski definition) is 5. The number of benzene rings is 1. The van der Waals surface area contributed by atoms with Gasteiger partial charge < -0.3 is 19.3 Å². The topological polar surface area (TPSA) is 65.0 Å². The molecular formula is C20H26O5. The fourth-order valence-electron chi connectivity index (χ4n) is 3.48. The summed E-state index contributed by atoms with van der Waals surface area (Å²) >= 11 is 0. The van der Waals surface area contributed by atoms with E-state index in [0.717, 1.165) is 12.8 Å². The first-order chi connectivity index (χ1) is 12.0. The van der Waals surface area contributed by atoms with Crippen LogP contribution in [-0.2, 0) is 14.2 Å². The molecule has 1 N–H and O–H groups in total. The first-order valence-corrected chi connectivity index (χ1v) is 8.88. The fraction of sp³-hybridized carbons (Fsp3) is 0.550. The highest BCUT2D eigenvalue weighted by molar-refractivity contribution is 5.89. The number of fused-ring (bicyclic) bond motifs is 1. The van der Waals surface area contributed by atoms with Crippen molar-refractivity contribution in [2.45, 2.75) is 63.3 Å². The van der Waals surface area contributed by atoms with Gasteiger partial charge in [0.05, 0.1) is 23.7 Å². The van der Waals surface area contributed by atoms with Crippen molar-refractivity contribution in [3.05, 3.63) is 48.6 Å². The molecule has 2 fully saturated rings. The average Bonchev–Trinajstić information content (AvgIpc) is 3.15.